The fourth-order valence-electron chi connectivity index (χ4n) is 0.625. The van der Waals surface area contributed by atoms with Gasteiger partial charge >= 0.3 is 12.4 Å². The van der Waals surface area contributed by atoms with Crippen LogP contribution in [0.5, 0.6) is 0 Å². The lowest BCUT2D eigenvalue weighted by atomic mass is 10.1. The minimum absolute atomic E-state index is 0.00280. The van der Waals surface area contributed by atoms with Crippen molar-refractivity contribution < 1.29 is 31.1 Å². The number of hydrogen-bond acceptors (Lipinski definition) is 1. The molecule has 0 aromatic heterocycles. The molecule has 0 radical (unpaired) electrons. The van der Waals surface area contributed by atoms with Crippen molar-refractivity contribution in [3.05, 3.63) is 36.0 Å². The van der Waals surface area contributed by atoms with Gasteiger partial charge in [-0.1, -0.05) is 13.2 Å². The molecule has 90 valence electrons. The van der Waals surface area contributed by atoms with Crippen molar-refractivity contribution in [3.63, 3.8) is 0 Å². The number of carbonyl (C=O) groups excluding carboxylic acids is 1. The predicted octanol–water partition coefficient (Wildman–Crippen LogP) is 3.35. The monoisotopic (exact) mass is 244 g/mol. The molecule has 0 saturated heterocycles. The summed E-state index contributed by atoms with van der Waals surface area (Å²) in [5.41, 5.74) is -4.40. The van der Waals surface area contributed by atoms with Gasteiger partial charge in [0.15, 0.2) is 6.29 Å². The second kappa shape index (κ2) is 4.54. The molecule has 0 saturated carbocycles. The lowest BCUT2D eigenvalue weighted by molar-refractivity contribution is -0.108. The molecule has 0 aromatic carbocycles. The third kappa shape index (κ3) is 3.92. The molecule has 0 bridgehead atoms. The van der Waals surface area contributed by atoms with E-state index in [2.05, 4.69) is 13.2 Å². The molecular weight excluding hydrogens is 238 g/mol. The van der Waals surface area contributed by atoms with Gasteiger partial charge in [-0.3, -0.25) is 4.79 Å². The van der Waals surface area contributed by atoms with E-state index in [4.69, 9.17) is 0 Å². The molecule has 7 heteroatoms. The summed E-state index contributed by atoms with van der Waals surface area (Å²) in [4.78, 5) is 10.2. The summed E-state index contributed by atoms with van der Waals surface area (Å²) in [6.07, 6.45) is -10.2. The van der Waals surface area contributed by atoms with Crippen LogP contribution >= 0.6 is 0 Å². The Morgan fingerprint density at radius 3 is 1.62 bits per heavy atom. The third-order valence-corrected chi connectivity index (χ3v) is 1.51. The zero-order chi connectivity index (χ0) is 13.1. The van der Waals surface area contributed by atoms with Crippen LogP contribution in [0.25, 0.3) is 0 Å². The highest BCUT2D eigenvalue weighted by Crippen LogP contribution is 2.32. The molecule has 0 aromatic rings. The van der Waals surface area contributed by atoms with E-state index in [0.717, 1.165) is 0 Å². The maximum Gasteiger partial charge on any atom is 0.416 e. The third-order valence-electron chi connectivity index (χ3n) is 1.51. The Labute approximate surface area is 86.7 Å². The zero-order valence-electron chi connectivity index (χ0n) is 7.74. The fourth-order valence-corrected chi connectivity index (χ4v) is 0.625. The van der Waals surface area contributed by atoms with Crippen molar-refractivity contribution in [1.29, 1.82) is 0 Å². The second-order valence-electron chi connectivity index (χ2n) is 2.72. The van der Waals surface area contributed by atoms with Gasteiger partial charge in [-0.05, 0) is 6.08 Å². The van der Waals surface area contributed by atoms with Gasteiger partial charge in [0.05, 0.1) is 5.57 Å². The lowest BCUT2D eigenvalue weighted by Gasteiger charge is -2.11. The number of carbonyl (C=O) groups is 1. The Morgan fingerprint density at radius 2 is 1.38 bits per heavy atom. The van der Waals surface area contributed by atoms with Crippen LogP contribution in [0.4, 0.5) is 26.3 Å². The first-order chi connectivity index (χ1) is 7.00. The summed E-state index contributed by atoms with van der Waals surface area (Å²) in [6.45, 7) is 5.01. The van der Waals surface area contributed by atoms with Crippen LogP contribution < -0.4 is 0 Å². The summed E-state index contributed by atoms with van der Waals surface area (Å²) in [7, 11) is 0. The predicted molar refractivity (Wildman–Crippen MR) is 44.5 cm³/mol. The molecule has 0 aliphatic carbocycles. The van der Waals surface area contributed by atoms with Gasteiger partial charge in [0.2, 0.25) is 0 Å². The maximum absolute atomic E-state index is 12.0. The van der Waals surface area contributed by atoms with E-state index in [1.165, 1.54) is 0 Å². The van der Waals surface area contributed by atoms with Crippen LogP contribution in [0.2, 0.25) is 0 Å². The second-order valence-corrected chi connectivity index (χ2v) is 2.72. The largest absolute Gasteiger partial charge is 0.416 e. The van der Waals surface area contributed by atoms with Crippen LogP contribution in [0.3, 0.4) is 0 Å². The number of alkyl halides is 6. The topological polar surface area (TPSA) is 17.1 Å². The summed E-state index contributed by atoms with van der Waals surface area (Å²) in [6, 6.07) is 0. The van der Waals surface area contributed by atoms with E-state index in [1.54, 1.807) is 0 Å². The molecule has 0 heterocycles. The molecular formula is C9H6F6O. The van der Waals surface area contributed by atoms with Crippen molar-refractivity contribution in [1.82, 2.24) is 0 Å². The van der Waals surface area contributed by atoms with E-state index in [9.17, 15) is 31.1 Å². The SMILES string of the molecule is C=C(/C=C(/C=O)C(=C)C(F)(F)F)C(F)(F)F. The summed E-state index contributed by atoms with van der Waals surface area (Å²) >= 11 is 0. The van der Waals surface area contributed by atoms with E-state index in [0.29, 0.717) is 0 Å². The Hall–Kier alpha value is -1.53. The zero-order valence-corrected chi connectivity index (χ0v) is 7.74. The van der Waals surface area contributed by atoms with Crippen LogP contribution in [-0.4, -0.2) is 18.6 Å². The van der Waals surface area contributed by atoms with Crippen LogP contribution in [0, 0.1) is 0 Å². The fraction of sp³-hybridized carbons (Fsp3) is 0.222. The highest BCUT2D eigenvalue weighted by atomic mass is 19.4. The minimum atomic E-state index is -4.96. The number of aldehydes is 1. The number of hydrogen-bond donors (Lipinski definition) is 0. The smallest absolute Gasteiger partial charge is 0.298 e. The molecule has 0 unspecified atom stereocenters. The number of allylic oxidation sites excluding steroid dienone is 4. The number of rotatable bonds is 3. The average Bonchev–Trinajstić information content (AvgIpc) is 2.09. The number of halogens is 6. The van der Waals surface area contributed by atoms with Crippen molar-refractivity contribution in [2.75, 3.05) is 0 Å². The normalized spacial score (nSPS) is 13.5. The molecule has 0 spiro atoms. The van der Waals surface area contributed by atoms with Crippen molar-refractivity contribution in [2.24, 2.45) is 0 Å². The Balaban J connectivity index is 5.18. The first-order valence-corrected chi connectivity index (χ1v) is 3.69. The van der Waals surface area contributed by atoms with Crippen molar-refractivity contribution in [2.45, 2.75) is 12.4 Å². The van der Waals surface area contributed by atoms with Crippen LogP contribution in [-0.2, 0) is 4.79 Å². The van der Waals surface area contributed by atoms with Crippen LogP contribution in [0.15, 0.2) is 36.0 Å². The van der Waals surface area contributed by atoms with Gasteiger partial charge in [-0.15, -0.1) is 0 Å². The standard InChI is InChI=1S/C9H6F6O/c1-5(8(10,11)12)3-7(4-16)6(2)9(13,14)15/h3-4H,1-2H2/b7-3-. The molecule has 0 fully saturated rings. The quantitative estimate of drug-likeness (QED) is 0.322. The first-order valence-electron chi connectivity index (χ1n) is 3.69. The van der Waals surface area contributed by atoms with Gasteiger partial charge in [-0.2, -0.15) is 26.3 Å². The Bertz CT molecular complexity index is 344. The van der Waals surface area contributed by atoms with Gasteiger partial charge in [0.25, 0.3) is 0 Å². The van der Waals surface area contributed by atoms with Gasteiger partial charge in [0.1, 0.15) is 0 Å². The molecule has 0 aliphatic heterocycles. The van der Waals surface area contributed by atoms with E-state index in [1.807, 2.05) is 0 Å². The summed E-state index contributed by atoms with van der Waals surface area (Å²) < 4.78 is 71.9. The highest BCUT2D eigenvalue weighted by Gasteiger charge is 2.36. The lowest BCUT2D eigenvalue weighted by Crippen LogP contribution is -2.15. The van der Waals surface area contributed by atoms with E-state index < -0.39 is 29.1 Å². The van der Waals surface area contributed by atoms with Gasteiger partial charge in [-0.25, -0.2) is 0 Å². The van der Waals surface area contributed by atoms with Gasteiger partial charge in [0, 0.05) is 11.1 Å². The van der Waals surface area contributed by atoms with Crippen molar-refractivity contribution >= 4 is 6.29 Å². The molecule has 0 N–H and O–H groups in total. The Morgan fingerprint density at radius 1 is 0.938 bits per heavy atom. The molecule has 0 atom stereocenters. The average molecular weight is 244 g/mol. The van der Waals surface area contributed by atoms with E-state index in [-0.39, 0.29) is 12.4 Å². The molecule has 0 aliphatic rings. The Kier molecular flexibility index (Phi) is 4.11. The van der Waals surface area contributed by atoms with E-state index >= 15 is 0 Å². The van der Waals surface area contributed by atoms with Crippen LogP contribution in [0.1, 0.15) is 0 Å². The first kappa shape index (κ1) is 14.5. The minimum Gasteiger partial charge on any atom is -0.298 e. The maximum atomic E-state index is 12.0. The molecule has 1 nitrogen and oxygen atoms in total. The highest BCUT2D eigenvalue weighted by molar-refractivity contribution is 5.81. The molecule has 0 rings (SSSR count). The summed E-state index contributed by atoms with van der Waals surface area (Å²) in [5.74, 6) is 0. The van der Waals surface area contributed by atoms with Crippen molar-refractivity contribution in [3.8, 4) is 0 Å². The van der Waals surface area contributed by atoms with Gasteiger partial charge < -0.3 is 0 Å². The molecule has 0 amide bonds. The summed E-state index contributed by atoms with van der Waals surface area (Å²) in [5, 5.41) is 0. The molecule has 16 heavy (non-hydrogen) atoms.